The average Bonchev–Trinajstić information content (AvgIpc) is 3.69. The molecule has 1 atom stereocenters. The molecule has 6 rings (SSSR count). The predicted molar refractivity (Wildman–Crippen MR) is 174 cm³/mol. The number of ether oxygens (including phenoxy) is 2. The number of fused-ring (bicyclic) bond motifs is 1. The monoisotopic (exact) mass is 648 g/mol. The van der Waals surface area contributed by atoms with Crippen molar-refractivity contribution >= 4 is 40.8 Å². The molecule has 10 nitrogen and oxygen atoms in total. The fraction of sp³-hybridized carbons (Fsp3) is 0.333. The number of likely N-dealkylation sites (N-methyl/N-ethyl adjacent to an activating group) is 1. The Morgan fingerprint density at radius 2 is 1.78 bits per heavy atom. The minimum Gasteiger partial charge on any atom is -0.481 e. The van der Waals surface area contributed by atoms with Crippen LogP contribution in [0.2, 0.25) is 10.0 Å². The van der Waals surface area contributed by atoms with Gasteiger partial charge in [0.05, 0.1) is 39.8 Å². The highest BCUT2D eigenvalue weighted by Crippen LogP contribution is 2.41. The fourth-order valence-corrected chi connectivity index (χ4v) is 6.46. The molecule has 0 saturated carbocycles. The van der Waals surface area contributed by atoms with Gasteiger partial charge in [-0.25, -0.2) is 9.97 Å². The molecule has 1 amide bonds. The number of carbonyl (C=O) groups excluding carboxylic acids is 2. The summed E-state index contributed by atoms with van der Waals surface area (Å²) in [5.74, 6) is 0.0586. The van der Waals surface area contributed by atoms with Crippen LogP contribution < -0.4 is 15.4 Å². The van der Waals surface area contributed by atoms with E-state index in [-0.39, 0.29) is 24.5 Å². The zero-order chi connectivity index (χ0) is 31.7. The van der Waals surface area contributed by atoms with Crippen LogP contribution in [0.4, 0.5) is 5.69 Å². The van der Waals surface area contributed by atoms with E-state index in [9.17, 15) is 9.59 Å². The third-order valence-electron chi connectivity index (χ3n) is 8.31. The highest BCUT2D eigenvalue weighted by Gasteiger charge is 2.26. The highest BCUT2D eigenvalue weighted by molar-refractivity contribution is 6.39. The molecule has 0 aliphatic carbocycles. The van der Waals surface area contributed by atoms with Crippen LogP contribution in [0.25, 0.3) is 22.4 Å². The average molecular weight is 650 g/mol. The van der Waals surface area contributed by atoms with E-state index in [4.69, 9.17) is 32.7 Å². The predicted octanol–water partition coefficient (Wildman–Crippen LogP) is 5.50. The van der Waals surface area contributed by atoms with Gasteiger partial charge in [0.25, 0.3) is 5.91 Å². The summed E-state index contributed by atoms with van der Waals surface area (Å²) < 4.78 is 12.9. The van der Waals surface area contributed by atoms with Gasteiger partial charge in [-0.05, 0) is 44.6 Å². The molecule has 0 bridgehead atoms. The van der Waals surface area contributed by atoms with Gasteiger partial charge in [0.15, 0.2) is 5.82 Å². The Balaban J connectivity index is 1.24. The number of nitrogens with one attached hydrogen (secondary N) is 2. The Morgan fingerprint density at radius 1 is 1.02 bits per heavy atom. The smallest absolute Gasteiger partial charge is 0.323 e. The van der Waals surface area contributed by atoms with E-state index in [1.54, 1.807) is 6.07 Å². The second kappa shape index (κ2) is 13.2. The van der Waals surface area contributed by atoms with Crippen LogP contribution in [0.15, 0.2) is 48.5 Å². The van der Waals surface area contributed by atoms with Gasteiger partial charge in [0.2, 0.25) is 5.88 Å². The lowest BCUT2D eigenvalue weighted by Gasteiger charge is -2.21. The second-order valence-electron chi connectivity index (χ2n) is 11.3. The van der Waals surface area contributed by atoms with Gasteiger partial charge in [-0.15, -0.1) is 0 Å². The summed E-state index contributed by atoms with van der Waals surface area (Å²) in [5, 5.41) is 6.87. The van der Waals surface area contributed by atoms with Crippen LogP contribution in [-0.4, -0.2) is 64.6 Å². The molecule has 2 aliphatic rings. The Kier molecular flexibility index (Phi) is 9.09. The van der Waals surface area contributed by atoms with Gasteiger partial charge in [0.1, 0.15) is 12.6 Å². The maximum absolute atomic E-state index is 13.3. The minimum absolute atomic E-state index is 0.0489. The Hall–Kier alpha value is -3.96. The lowest BCUT2D eigenvalue weighted by atomic mass is 10.00. The number of methoxy groups -OCH3 is 1. The first-order chi connectivity index (χ1) is 21.7. The summed E-state index contributed by atoms with van der Waals surface area (Å²) in [6.07, 6.45) is 2.56. The minimum atomic E-state index is -0.338. The molecular weight excluding hydrogens is 615 g/mol. The molecule has 45 heavy (non-hydrogen) atoms. The maximum Gasteiger partial charge on any atom is 0.323 e. The fourth-order valence-electron chi connectivity index (χ4n) is 5.86. The summed E-state index contributed by atoms with van der Waals surface area (Å²) in [4.78, 5) is 37.2. The summed E-state index contributed by atoms with van der Waals surface area (Å²) in [5.41, 5.74) is 5.66. The number of amides is 1. The number of nitrogens with zero attached hydrogens (tertiary/aromatic N) is 4. The van der Waals surface area contributed by atoms with Gasteiger partial charge in [0, 0.05) is 48.9 Å². The van der Waals surface area contributed by atoms with Crippen LogP contribution >= 0.6 is 23.2 Å². The zero-order valence-electron chi connectivity index (χ0n) is 25.3. The van der Waals surface area contributed by atoms with E-state index in [1.165, 1.54) is 7.11 Å². The van der Waals surface area contributed by atoms with E-state index in [0.717, 1.165) is 43.7 Å². The number of carbonyl (C=O) groups is 2. The number of imidazole rings is 1. The number of esters is 1. The van der Waals surface area contributed by atoms with Crippen LogP contribution in [0.1, 0.15) is 40.4 Å². The zero-order valence-corrected chi connectivity index (χ0v) is 26.8. The van der Waals surface area contributed by atoms with Crippen molar-refractivity contribution in [3.8, 4) is 28.3 Å². The molecule has 2 aromatic heterocycles. The van der Waals surface area contributed by atoms with E-state index in [0.29, 0.717) is 61.9 Å². The summed E-state index contributed by atoms with van der Waals surface area (Å²) in [6, 6.07) is 14.4. The van der Waals surface area contributed by atoms with E-state index in [1.807, 2.05) is 61.1 Å². The van der Waals surface area contributed by atoms with Crippen molar-refractivity contribution < 1.29 is 19.1 Å². The summed E-state index contributed by atoms with van der Waals surface area (Å²) >= 11 is 13.9. The van der Waals surface area contributed by atoms with Gasteiger partial charge in [-0.2, -0.15) is 0 Å². The normalized spacial score (nSPS) is 16.3. The standard InChI is InChI=1S/C33H34Cl2N6O4/c1-40-16-14-27-26(17-40)37-30(41(27)2)31(42)38-24-10-5-8-21(29(24)35)20-7-4-9-22(28(20)34)23-13-12-19(32(39-23)44-3)18-45-33(43)25-11-6-15-36-25/h4-5,7-10,12-13,25,36H,6,11,14-18H2,1-3H3,(H,38,42)/t25-/m0/s1. The SMILES string of the molecule is COc1nc(-c2cccc(-c3cccc(NC(=O)c4nc5c(n4C)CCN(C)C5)c3Cl)c2Cl)ccc1COC(=O)[C@@H]1CCCN1. The molecule has 2 aromatic carbocycles. The topological polar surface area (TPSA) is 111 Å². The van der Waals surface area contributed by atoms with Crippen LogP contribution in [0.5, 0.6) is 5.88 Å². The van der Waals surface area contributed by atoms with Crippen LogP contribution in [-0.2, 0) is 36.2 Å². The number of halogens is 2. The first-order valence-corrected chi connectivity index (χ1v) is 15.6. The lowest BCUT2D eigenvalue weighted by molar-refractivity contribution is -0.147. The molecule has 2 N–H and O–H groups in total. The molecule has 1 saturated heterocycles. The van der Waals surface area contributed by atoms with Crippen molar-refractivity contribution in [2.75, 3.05) is 32.6 Å². The quantitative estimate of drug-likeness (QED) is 0.241. The van der Waals surface area contributed by atoms with Crippen molar-refractivity contribution in [1.82, 2.24) is 24.8 Å². The van der Waals surface area contributed by atoms with Crippen LogP contribution in [0.3, 0.4) is 0 Å². The van der Waals surface area contributed by atoms with Crippen molar-refractivity contribution in [1.29, 1.82) is 0 Å². The van der Waals surface area contributed by atoms with Crippen molar-refractivity contribution in [3.05, 3.63) is 81.4 Å². The Labute approximate surface area is 271 Å². The molecular formula is C33H34Cl2N6O4. The molecule has 12 heteroatoms. The molecule has 0 radical (unpaired) electrons. The van der Waals surface area contributed by atoms with Gasteiger partial charge in [-0.1, -0.05) is 53.5 Å². The van der Waals surface area contributed by atoms with Gasteiger partial charge >= 0.3 is 5.97 Å². The molecule has 0 spiro atoms. The molecule has 4 aromatic rings. The van der Waals surface area contributed by atoms with Crippen molar-refractivity contribution in [2.45, 2.75) is 38.5 Å². The first kappa shape index (κ1) is 31.0. The number of rotatable bonds is 8. The van der Waals surface area contributed by atoms with E-state index >= 15 is 0 Å². The number of hydrogen-bond donors (Lipinski definition) is 2. The largest absolute Gasteiger partial charge is 0.481 e. The number of anilines is 1. The Bertz CT molecular complexity index is 1770. The third-order valence-corrected chi connectivity index (χ3v) is 9.12. The Morgan fingerprint density at radius 3 is 2.53 bits per heavy atom. The van der Waals surface area contributed by atoms with Gasteiger partial charge in [-0.3, -0.25) is 9.59 Å². The molecule has 1 fully saturated rings. The van der Waals surface area contributed by atoms with E-state index in [2.05, 4.69) is 25.5 Å². The van der Waals surface area contributed by atoms with Gasteiger partial charge < -0.3 is 29.6 Å². The van der Waals surface area contributed by atoms with Crippen molar-refractivity contribution in [3.63, 3.8) is 0 Å². The number of aromatic nitrogens is 3. The second-order valence-corrected chi connectivity index (χ2v) is 12.0. The lowest BCUT2D eigenvalue weighted by Crippen LogP contribution is -2.32. The molecule has 4 heterocycles. The third kappa shape index (κ3) is 6.28. The van der Waals surface area contributed by atoms with Crippen molar-refractivity contribution in [2.24, 2.45) is 7.05 Å². The van der Waals surface area contributed by atoms with Crippen LogP contribution in [0, 0.1) is 0 Å². The molecule has 0 unspecified atom stereocenters. The van der Waals surface area contributed by atoms with E-state index < -0.39 is 0 Å². The summed E-state index contributed by atoms with van der Waals surface area (Å²) in [7, 11) is 5.43. The number of benzene rings is 2. The molecule has 2 aliphatic heterocycles. The maximum atomic E-state index is 13.3. The first-order valence-electron chi connectivity index (χ1n) is 14.8. The number of pyridine rings is 1. The number of hydrogen-bond acceptors (Lipinski definition) is 8. The highest BCUT2D eigenvalue weighted by atomic mass is 35.5. The summed E-state index contributed by atoms with van der Waals surface area (Å²) in [6.45, 7) is 2.49. The molecule has 234 valence electrons.